The summed E-state index contributed by atoms with van der Waals surface area (Å²) in [5.41, 5.74) is -0.622. The number of carbonyl (C=O) groups is 1. The quantitative estimate of drug-likeness (QED) is 0.758. The second-order valence-corrected chi connectivity index (χ2v) is 7.62. The van der Waals surface area contributed by atoms with Crippen LogP contribution in [-0.2, 0) is 14.8 Å². The molecule has 7 nitrogen and oxygen atoms in total. The third-order valence-corrected chi connectivity index (χ3v) is 4.07. The molecule has 1 aliphatic heterocycles. The molecule has 0 aromatic heterocycles. The first kappa shape index (κ1) is 16.2. The molecule has 2 N–H and O–H groups in total. The van der Waals surface area contributed by atoms with Gasteiger partial charge in [-0.05, 0) is 27.7 Å². The summed E-state index contributed by atoms with van der Waals surface area (Å²) in [5, 5.41) is 9.79. The van der Waals surface area contributed by atoms with E-state index in [1.54, 1.807) is 20.8 Å². The van der Waals surface area contributed by atoms with Crippen LogP contribution in [0.25, 0.3) is 0 Å². The number of ether oxygens (including phenoxy) is 1. The molecule has 1 aliphatic rings. The van der Waals surface area contributed by atoms with E-state index in [9.17, 15) is 18.3 Å². The van der Waals surface area contributed by atoms with Crippen LogP contribution in [0.2, 0.25) is 0 Å². The van der Waals surface area contributed by atoms with Crippen molar-refractivity contribution in [3.8, 4) is 0 Å². The highest BCUT2D eigenvalue weighted by molar-refractivity contribution is 7.89. The Morgan fingerprint density at radius 3 is 2.47 bits per heavy atom. The molecule has 0 aromatic rings. The van der Waals surface area contributed by atoms with Gasteiger partial charge in [-0.2, -0.15) is 0 Å². The second kappa shape index (κ2) is 5.64. The molecule has 2 atom stereocenters. The molecule has 0 aliphatic carbocycles. The number of rotatable bonds is 3. The van der Waals surface area contributed by atoms with Gasteiger partial charge in [-0.1, -0.05) is 0 Å². The third kappa shape index (κ3) is 4.96. The number of sulfonamides is 1. The Bertz CT molecular complexity index is 429. The maximum Gasteiger partial charge on any atom is 0.410 e. The molecule has 0 spiro atoms. The van der Waals surface area contributed by atoms with E-state index in [1.165, 1.54) is 11.8 Å². The minimum atomic E-state index is -3.41. The predicted octanol–water partition coefficient (Wildman–Crippen LogP) is -0.0941. The van der Waals surface area contributed by atoms with E-state index < -0.39 is 33.9 Å². The normalized spacial score (nSPS) is 24.6. The first-order valence-corrected chi connectivity index (χ1v) is 7.85. The van der Waals surface area contributed by atoms with E-state index in [2.05, 4.69) is 4.72 Å². The zero-order valence-electron chi connectivity index (χ0n) is 11.7. The molecule has 1 heterocycles. The van der Waals surface area contributed by atoms with Crippen LogP contribution in [0.15, 0.2) is 0 Å². The van der Waals surface area contributed by atoms with E-state index in [4.69, 9.17) is 4.74 Å². The summed E-state index contributed by atoms with van der Waals surface area (Å²) in [7, 11) is -3.41. The minimum Gasteiger partial charge on any atom is -0.444 e. The van der Waals surface area contributed by atoms with Gasteiger partial charge in [-0.3, -0.25) is 0 Å². The molecule has 8 heteroatoms. The monoisotopic (exact) mass is 294 g/mol. The van der Waals surface area contributed by atoms with Gasteiger partial charge in [0.2, 0.25) is 10.0 Å². The molecule has 19 heavy (non-hydrogen) atoms. The van der Waals surface area contributed by atoms with Gasteiger partial charge in [0.1, 0.15) is 5.60 Å². The van der Waals surface area contributed by atoms with Crippen molar-refractivity contribution in [1.29, 1.82) is 0 Å². The highest BCUT2D eigenvalue weighted by Crippen LogP contribution is 2.16. The molecule has 0 aromatic carbocycles. The van der Waals surface area contributed by atoms with Crippen molar-refractivity contribution in [2.75, 3.05) is 18.8 Å². The van der Waals surface area contributed by atoms with Gasteiger partial charge in [0.25, 0.3) is 0 Å². The maximum absolute atomic E-state index is 11.8. The molecule has 1 rings (SSSR count). The molecular weight excluding hydrogens is 272 g/mol. The Kier molecular flexibility index (Phi) is 4.81. The standard InChI is InChI=1S/C11H22N2O5S/c1-5-19(16,17)12-8-6-13(7-9(8)14)10(15)18-11(2,3)4/h8-9,12,14H,5-7H2,1-4H3/t8-,9+/m1/s1. The molecule has 112 valence electrons. The fraction of sp³-hybridized carbons (Fsp3) is 0.909. The Labute approximate surface area is 114 Å². The van der Waals surface area contributed by atoms with Gasteiger partial charge in [0, 0.05) is 6.54 Å². The minimum absolute atomic E-state index is 0.0613. The Hall–Kier alpha value is -0.860. The number of nitrogens with one attached hydrogen (secondary N) is 1. The van der Waals surface area contributed by atoms with Gasteiger partial charge < -0.3 is 14.7 Å². The number of aliphatic hydroxyl groups is 1. The van der Waals surface area contributed by atoms with Crippen LogP contribution in [0.4, 0.5) is 4.79 Å². The summed E-state index contributed by atoms with van der Waals surface area (Å²) in [5.74, 6) is -0.0668. The smallest absolute Gasteiger partial charge is 0.410 e. The predicted molar refractivity (Wildman–Crippen MR) is 70.2 cm³/mol. The van der Waals surface area contributed by atoms with Crippen LogP contribution in [0.1, 0.15) is 27.7 Å². The Morgan fingerprint density at radius 1 is 1.42 bits per heavy atom. The summed E-state index contributed by atoms with van der Waals surface area (Å²) in [6.45, 7) is 6.91. The van der Waals surface area contributed by atoms with Crippen molar-refractivity contribution < 1.29 is 23.1 Å². The molecular formula is C11H22N2O5S. The summed E-state index contributed by atoms with van der Waals surface area (Å²) in [6, 6.07) is -0.683. The largest absolute Gasteiger partial charge is 0.444 e. The number of amides is 1. The lowest BCUT2D eigenvalue weighted by Crippen LogP contribution is -2.43. The molecule has 0 saturated carbocycles. The molecule has 1 fully saturated rings. The fourth-order valence-corrected chi connectivity index (χ4v) is 2.55. The molecule has 0 radical (unpaired) electrons. The van der Waals surface area contributed by atoms with Crippen LogP contribution in [0.3, 0.4) is 0 Å². The highest BCUT2D eigenvalue weighted by Gasteiger charge is 2.37. The van der Waals surface area contributed by atoms with E-state index in [0.717, 1.165) is 0 Å². The van der Waals surface area contributed by atoms with Gasteiger partial charge in [0.15, 0.2) is 0 Å². The zero-order chi connectivity index (χ0) is 14.8. The van der Waals surface area contributed by atoms with Crippen molar-refractivity contribution in [3.05, 3.63) is 0 Å². The number of hydrogen-bond donors (Lipinski definition) is 2. The number of aliphatic hydroxyl groups excluding tert-OH is 1. The van der Waals surface area contributed by atoms with E-state index in [1.807, 2.05) is 0 Å². The summed E-state index contributed by atoms with van der Waals surface area (Å²) in [4.78, 5) is 13.1. The lowest BCUT2D eigenvalue weighted by atomic mass is 10.2. The summed E-state index contributed by atoms with van der Waals surface area (Å²) >= 11 is 0. The number of hydrogen-bond acceptors (Lipinski definition) is 5. The number of carbonyl (C=O) groups excluding carboxylic acids is 1. The van der Waals surface area contributed by atoms with E-state index >= 15 is 0 Å². The molecule has 0 unspecified atom stereocenters. The fourth-order valence-electron chi connectivity index (χ4n) is 1.69. The van der Waals surface area contributed by atoms with Crippen molar-refractivity contribution in [1.82, 2.24) is 9.62 Å². The van der Waals surface area contributed by atoms with Gasteiger partial charge in [-0.25, -0.2) is 17.9 Å². The number of β-amino-alcohol motifs (C(OH)–C–C–N with tert-alkyl or cyclic N) is 1. The highest BCUT2D eigenvalue weighted by atomic mass is 32.2. The average Bonchev–Trinajstić information content (AvgIpc) is 2.57. The second-order valence-electron chi connectivity index (χ2n) is 5.58. The summed E-state index contributed by atoms with van der Waals surface area (Å²) in [6.07, 6.45) is -1.47. The van der Waals surface area contributed by atoms with Crippen molar-refractivity contribution in [2.45, 2.75) is 45.4 Å². The SMILES string of the molecule is CCS(=O)(=O)N[C@@H]1CN(C(=O)OC(C)(C)C)C[C@@H]1O. The van der Waals surface area contributed by atoms with Crippen molar-refractivity contribution in [3.63, 3.8) is 0 Å². The van der Waals surface area contributed by atoms with Crippen LogP contribution < -0.4 is 4.72 Å². The number of likely N-dealkylation sites (tertiary alicyclic amines) is 1. The first-order valence-electron chi connectivity index (χ1n) is 6.20. The van der Waals surface area contributed by atoms with Crippen LogP contribution in [-0.4, -0.2) is 61.1 Å². The van der Waals surface area contributed by atoms with Crippen LogP contribution in [0, 0.1) is 0 Å². The lowest BCUT2D eigenvalue weighted by Gasteiger charge is -2.24. The van der Waals surface area contributed by atoms with Crippen molar-refractivity contribution >= 4 is 16.1 Å². The lowest BCUT2D eigenvalue weighted by molar-refractivity contribution is 0.0270. The Balaban J connectivity index is 2.62. The van der Waals surface area contributed by atoms with Crippen LogP contribution >= 0.6 is 0 Å². The molecule has 1 amide bonds. The maximum atomic E-state index is 11.8. The summed E-state index contributed by atoms with van der Waals surface area (Å²) < 4.78 is 30.4. The first-order chi connectivity index (χ1) is 8.54. The van der Waals surface area contributed by atoms with Gasteiger partial charge in [0.05, 0.1) is 24.4 Å². The molecule has 1 saturated heterocycles. The van der Waals surface area contributed by atoms with E-state index in [-0.39, 0.29) is 18.8 Å². The van der Waals surface area contributed by atoms with Gasteiger partial charge in [-0.15, -0.1) is 0 Å². The van der Waals surface area contributed by atoms with Crippen molar-refractivity contribution in [2.24, 2.45) is 0 Å². The van der Waals surface area contributed by atoms with Crippen LogP contribution in [0.5, 0.6) is 0 Å². The topological polar surface area (TPSA) is 95.9 Å². The number of nitrogens with zero attached hydrogens (tertiary/aromatic N) is 1. The average molecular weight is 294 g/mol. The zero-order valence-corrected chi connectivity index (χ0v) is 12.5. The Morgan fingerprint density at radius 2 is 2.00 bits per heavy atom. The molecule has 0 bridgehead atoms. The van der Waals surface area contributed by atoms with E-state index in [0.29, 0.717) is 0 Å². The van der Waals surface area contributed by atoms with Gasteiger partial charge >= 0.3 is 6.09 Å². The third-order valence-electron chi connectivity index (χ3n) is 2.65.